The molecule has 0 unspecified atom stereocenters. The van der Waals surface area contributed by atoms with E-state index in [2.05, 4.69) is 52.5 Å². The monoisotopic (exact) mass is 496 g/mol. The first-order valence-electron chi connectivity index (χ1n) is 5.74. The van der Waals surface area contributed by atoms with Crippen molar-refractivity contribution in [2.45, 2.75) is 11.8 Å². The van der Waals surface area contributed by atoms with Crippen molar-refractivity contribution in [2.24, 2.45) is 0 Å². The molecule has 8 heteroatoms. The number of nitrogens with one attached hydrogen (secondary N) is 1. The zero-order valence-corrected chi connectivity index (χ0v) is 16.4. The SMILES string of the molecule is Cc1ccc(Br)c(NS(=O)(=O)c2c(Br)cc(N)cc2Br)c1. The highest BCUT2D eigenvalue weighted by Crippen LogP contribution is 2.34. The van der Waals surface area contributed by atoms with Crippen LogP contribution >= 0.6 is 47.8 Å². The second-order valence-corrected chi connectivity index (χ2v) is 8.58. The molecule has 2 rings (SSSR count). The maximum atomic E-state index is 12.6. The summed E-state index contributed by atoms with van der Waals surface area (Å²) in [7, 11) is -3.76. The zero-order valence-electron chi connectivity index (χ0n) is 10.8. The fraction of sp³-hybridized carbons (Fsp3) is 0.0769. The van der Waals surface area contributed by atoms with Gasteiger partial charge in [0.05, 0.1) is 5.69 Å². The number of hydrogen-bond acceptors (Lipinski definition) is 3. The fourth-order valence-electron chi connectivity index (χ4n) is 1.75. The number of halogens is 3. The highest BCUT2D eigenvalue weighted by molar-refractivity contribution is 9.11. The first-order valence-corrected chi connectivity index (χ1v) is 9.60. The molecular weight excluding hydrogens is 488 g/mol. The normalized spacial score (nSPS) is 11.4. The lowest BCUT2D eigenvalue weighted by atomic mass is 10.2. The van der Waals surface area contributed by atoms with Crippen LogP contribution < -0.4 is 10.5 Å². The second kappa shape index (κ2) is 6.28. The van der Waals surface area contributed by atoms with E-state index in [1.165, 1.54) is 0 Å². The van der Waals surface area contributed by atoms with Crippen molar-refractivity contribution in [3.05, 3.63) is 49.3 Å². The Morgan fingerprint density at radius 3 is 2.14 bits per heavy atom. The molecule has 0 radical (unpaired) electrons. The number of nitrogen functional groups attached to an aromatic ring is 1. The van der Waals surface area contributed by atoms with Crippen molar-refractivity contribution in [3.63, 3.8) is 0 Å². The summed E-state index contributed by atoms with van der Waals surface area (Å²) in [6.45, 7) is 1.89. The number of hydrogen-bond donors (Lipinski definition) is 2. The van der Waals surface area contributed by atoms with Gasteiger partial charge in [-0.2, -0.15) is 0 Å². The summed E-state index contributed by atoms with van der Waals surface area (Å²) in [5.41, 5.74) is 7.58. The quantitative estimate of drug-likeness (QED) is 0.604. The van der Waals surface area contributed by atoms with Crippen molar-refractivity contribution >= 4 is 69.2 Å². The number of aryl methyl sites for hydroxylation is 1. The largest absolute Gasteiger partial charge is 0.399 e. The van der Waals surface area contributed by atoms with Crippen molar-refractivity contribution < 1.29 is 8.42 Å². The fourth-order valence-corrected chi connectivity index (χ4v) is 5.92. The van der Waals surface area contributed by atoms with Crippen molar-refractivity contribution in [3.8, 4) is 0 Å². The van der Waals surface area contributed by atoms with Crippen molar-refractivity contribution in [1.82, 2.24) is 0 Å². The molecule has 4 nitrogen and oxygen atoms in total. The van der Waals surface area contributed by atoms with Gasteiger partial charge in [0.2, 0.25) is 0 Å². The lowest BCUT2D eigenvalue weighted by molar-refractivity contribution is 0.600. The summed E-state index contributed by atoms with van der Waals surface area (Å²) >= 11 is 9.81. The summed E-state index contributed by atoms with van der Waals surface area (Å²) in [5.74, 6) is 0. The molecule has 0 aliphatic rings. The third kappa shape index (κ3) is 3.80. The summed E-state index contributed by atoms with van der Waals surface area (Å²) < 4.78 is 29.2. The minimum absolute atomic E-state index is 0.102. The van der Waals surface area contributed by atoms with E-state index in [-0.39, 0.29) is 4.90 Å². The molecule has 0 aliphatic heterocycles. The van der Waals surface area contributed by atoms with E-state index < -0.39 is 10.0 Å². The van der Waals surface area contributed by atoms with E-state index in [0.717, 1.165) is 5.56 Å². The number of anilines is 2. The van der Waals surface area contributed by atoms with Gasteiger partial charge in [0.1, 0.15) is 4.90 Å². The average Bonchev–Trinajstić information content (AvgIpc) is 2.31. The van der Waals surface area contributed by atoms with Gasteiger partial charge in [0.15, 0.2) is 0 Å². The minimum Gasteiger partial charge on any atom is -0.399 e. The molecular formula is C13H11Br3N2O2S. The Kier molecular flexibility index (Phi) is 5.02. The standard InChI is InChI=1S/C13H11Br3N2O2S/c1-7-2-3-9(14)12(4-7)18-21(19,20)13-10(15)5-8(17)6-11(13)16/h2-6,18H,17H2,1H3. The maximum absolute atomic E-state index is 12.6. The van der Waals surface area contributed by atoms with Gasteiger partial charge in [0.25, 0.3) is 10.0 Å². The Morgan fingerprint density at radius 2 is 1.57 bits per heavy atom. The number of rotatable bonds is 3. The molecule has 112 valence electrons. The summed E-state index contributed by atoms with van der Waals surface area (Å²) in [4.78, 5) is 0.102. The van der Waals surface area contributed by atoms with Crippen LogP contribution in [0, 0.1) is 6.92 Å². The molecule has 0 bridgehead atoms. The number of sulfonamides is 1. The molecule has 0 aliphatic carbocycles. The minimum atomic E-state index is -3.76. The van der Waals surface area contributed by atoms with E-state index in [0.29, 0.717) is 24.8 Å². The van der Waals surface area contributed by atoms with E-state index in [1.54, 1.807) is 24.3 Å². The summed E-state index contributed by atoms with van der Waals surface area (Å²) in [6, 6.07) is 8.52. The Bertz CT molecular complexity index is 784. The molecule has 2 aromatic rings. The van der Waals surface area contributed by atoms with E-state index in [9.17, 15) is 8.42 Å². The molecule has 0 atom stereocenters. The van der Waals surface area contributed by atoms with Crippen LogP contribution in [0.25, 0.3) is 0 Å². The van der Waals surface area contributed by atoms with Crippen molar-refractivity contribution in [1.29, 1.82) is 0 Å². The molecule has 3 N–H and O–H groups in total. The zero-order chi connectivity index (χ0) is 15.8. The maximum Gasteiger partial charge on any atom is 0.264 e. The van der Waals surface area contributed by atoms with Crippen LogP contribution in [0.2, 0.25) is 0 Å². The Hall–Kier alpha value is -0.570. The molecule has 2 aromatic carbocycles. The Morgan fingerprint density at radius 1 is 1.00 bits per heavy atom. The van der Waals surface area contributed by atoms with Crippen LogP contribution in [-0.2, 0) is 10.0 Å². The van der Waals surface area contributed by atoms with Crippen LogP contribution in [0.1, 0.15) is 5.56 Å². The molecule has 0 saturated carbocycles. The van der Waals surface area contributed by atoms with Gasteiger partial charge in [-0.3, -0.25) is 4.72 Å². The smallest absolute Gasteiger partial charge is 0.264 e. The van der Waals surface area contributed by atoms with Crippen LogP contribution in [0.5, 0.6) is 0 Å². The topological polar surface area (TPSA) is 72.2 Å². The van der Waals surface area contributed by atoms with Crippen LogP contribution in [-0.4, -0.2) is 8.42 Å². The number of benzene rings is 2. The van der Waals surface area contributed by atoms with Gasteiger partial charge in [-0.05, 0) is 84.5 Å². The lowest BCUT2D eigenvalue weighted by Crippen LogP contribution is -2.15. The molecule has 21 heavy (non-hydrogen) atoms. The lowest BCUT2D eigenvalue weighted by Gasteiger charge is -2.13. The van der Waals surface area contributed by atoms with Gasteiger partial charge in [0, 0.05) is 19.1 Å². The Labute approximate surface area is 148 Å². The third-order valence-electron chi connectivity index (χ3n) is 2.66. The molecule has 0 spiro atoms. The predicted molar refractivity (Wildman–Crippen MR) is 95.9 cm³/mol. The van der Waals surface area contributed by atoms with Gasteiger partial charge in [-0.15, -0.1) is 0 Å². The van der Waals surface area contributed by atoms with Gasteiger partial charge < -0.3 is 5.73 Å². The molecule has 0 saturated heterocycles. The average molecular weight is 499 g/mol. The molecule has 0 heterocycles. The summed E-state index contributed by atoms with van der Waals surface area (Å²) in [5, 5.41) is 0. The van der Waals surface area contributed by atoms with Crippen molar-refractivity contribution in [2.75, 3.05) is 10.5 Å². The summed E-state index contributed by atoms with van der Waals surface area (Å²) in [6.07, 6.45) is 0. The van der Waals surface area contributed by atoms with Crippen LogP contribution in [0.3, 0.4) is 0 Å². The Balaban J connectivity index is 2.51. The molecule has 0 amide bonds. The second-order valence-electron chi connectivity index (χ2n) is 4.40. The predicted octanol–water partition coefficient (Wildman–Crippen LogP) is 4.67. The molecule has 0 aromatic heterocycles. The molecule has 0 fully saturated rings. The number of nitrogens with two attached hydrogens (primary N) is 1. The first kappa shape index (κ1) is 16.8. The van der Waals surface area contributed by atoms with Crippen LogP contribution in [0.15, 0.2) is 48.6 Å². The first-order chi connectivity index (χ1) is 9.70. The van der Waals surface area contributed by atoms with Crippen LogP contribution in [0.4, 0.5) is 11.4 Å². The third-order valence-corrected chi connectivity index (χ3v) is 6.59. The van der Waals surface area contributed by atoms with E-state index >= 15 is 0 Å². The van der Waals surface area contributed by atoms with Gasteiger partial charge in [-0.1, -0.05) is 6.07 Å². The highest BCUT2D eigenvalue weighted by Gasteiger charge is 2.22. The van der Waals surface area contributed by atoms with Gasteiger partial charge in [-0.25, -0.2) is 8.42 Å². The van der Waals surface area contributed by atoms with E-state index in [1.807, 2.05) is 13.0 Å². The highest BCUT2D eigenvalue weighted by atomic mass is 79.9. The van der Waals surface area contributed by atoms with Gasteiger partial charge >= 0.3 is 0 Å². The van der Waals surface area contributed by atoms with E-state index in [4.69, 9.17) is 5.73 Å².